The lowest BCUT2D eigenvalue weighted by atomic mass is 9.44. The zero-order chi connectivity index (χ0) is 24.6. The van der Waals surface area contributed by atoms with E-state index in [0.29, 0.717) is 29.6 Å². The van der Waals surface area contributed by atoms with E-state index in [1.165, 1.54) is 50.7 Å². The van der Waals surface area contributed by atoms with Crippen LogP contribution in [-0.2, 0) is 11.3 Å². The van der Waals surface area contributed by atoms with Gasteiger partial charge in [0.1, 0.15) is 0 Å². The zero-order valence-corrected chi connectivity index (χ0v) is 23.1. The van der Waals surface area contributed by atoms with Crippen molar-refractivity contribution in [3.05, 3.63) is 18.7 Å². The summed E-state index contributed by atoms with van der Waals surface area (Å²) >= 11 is 1.90. The number of imidazole rings is 1. The molecule has 1 N–H and O–H groups in total. The Morgan fingerprint density at radius 3 is 2.47 bits per heavy atom. The van der Waals surface area contributed by atoms with Gasteiger partial charge in [0.25, 0.3) is 0 Å². The number of nitrogens with zero attached hydrogens (tertiary/aromatic N) is 2. The van der Waals surface area contributed by atoms with Gasteiger partial charge >= 0.3 is 0 Å². The van der Waals surface area contributed by atoms with Gasteiger partial charge in [-0.1, -0.05) is 20.8 Å². The van der Waals surface area contributed by atoms with E-state index in [1.807, 2.05) is 29.4 Å². The topological polar surface area (TPSA) is 55.1 Å². The molecule has 0 bridgehead atoms. The number of carbonyl (C=O) groups is 1. The monoisotopic (exact) mass is 488 g/mol. The molecule has 4 saturated carbocycles. The van der Waals surface area contributed by atoms with Crippen molar-refractivity contribution >= 4 is 17.5 Å². The molecule has 0 amide bonds. The lowest BCUT2D eigenvalue weighted by Gasteiger charge is -2.61. The second-order valence-electron chi connectivity index (χ2n) is 12.7. The molecule has 5 rings (SSSR count). The van der Waals surface area contributed by atoms with Gasteiger partial charge in [-0.05, 0) is 118 Å². The summed E-state index contributed by atoms with van der Waals surface area (Å²) in [5.74, 6) is 4.89. The number of ketones is 1. The number of fused-ring (bicyclic) bond motifs is 5. The fourth-order valence-electron chi connectivity index (χ4n) is 8.83. The smallest absolute Gasteiger partial charge is 0.156 e. The Hall–Kier alpha value is -0.810. The second kappa shape index (κ2) is 10.3. The van der Waals surface area contributed by atoms with Crippen molar-refractivity contribution in [2.45, 2.75) is 104 Å². The van der Waals surface area contributed by atoms with Crippen molar-refractivity contribution in [2.24, 2.45) is 40.4 Å². The summed E-state index contributed by atoms with van der Waals surface area (Å²) in [4.78, 5) is 17.3. The molecule has 5 heteroatoms. The minimum absolute atomic E-state index is 0.183. The summed E-state index contributed by atoms with van der Waals surface area (Å²) in [7, 11) is 0. The summed E-state index contributed by atoms with van der Waals surface area (Å²) in [6, 6.07) is 0. The van der Waals surface area contributed by atoms with Crippen LogP contribution in [0.5, 0.6) is 0 Å². The predicted octanol–water partition coefficient (Wildman–Crippen LogP) is 6.62. The molecule has 1 heterocycles. The molecule has 4 aliphatic carbocycles. The third kappa shape index (κ3) is 4.90. The summed E-state index contributed by atoms with van der Waals surface area (Å²) in [5, 5.41) is 10.7. The number of rotatable bonds is 5. The van der Waals surface area contributed by atoms with Gasteiger partial charge in [0.2, 0.25) is 0 Å². The van der Waals surface area contributed by atoms with Crippen molar-refractivity contribution < 1.29 is 9.90 Å². The third-order valence-corrected chi connectivity index (χ3v) is 11.5. The standard InChI is InChI=1S/C25H38N2O2.C4H10S/c1-23(29)10-11-24(2)17(14-23)4-5-18-19-6-7-21(25(19,3)9-8-20(18)24)22(28)15-27-13-12-26-16-27;1-3-4-5-2/h12-13,16-21,29H,4-11,14-15H2,1-3H3;3-4H2,1-2H3/t17-,18?,19?,20?,21+,23+,24-,25-;/m0./s1. The molecule has 4 nitrogen and oxygen atoms in total. The van der Waals surface area contributed by atoms with Crippen LogP contribution in [0.2, 0.25) is 0 Å². The first-order valence-electron chi connectivity index (χ1n) is 13.8. The zero-order valence-electron chi connectivity index (χ0n) is 22.3. The highest BCUT2D eigenvalue weighted by molar-refractivity contribution is 7.98. The molecule has 0 saturated heterocycles. The van der Waals surface area contributed by atoms with Gasteiger partial charge in [0, 0.05) is 18.3 Å². The highest BCUT2D eigenvalue weighted by Crippen LogP contribution is 2.68. The molecule has 1 aromatic rings. The average Bonchev–Trinajstić information content (AvgIpc) is 3.42. The van der Waals surface area contributed by atoms with Crippen molar-refractivity contribution in [1.29, 1.82) is 0 Å². The normalized spacial score (nSPS) is 43.2. The predicted molar refractivity (Wildman–Crippen MR) is 142 cm³/mol. The van der Waals surface area contributed by atoms with Crippen LogP contribution in [0.15, 0.2) is 18.7 Å². The molecule has 4 fully saturated rings. The van der Waals surface area contributed by atoms with Crippen LogP contribution < -0.4 is 0 Å². The summed E-state index contributed by atoms with van der Waals surface area (Å²) in [6.45, 7) is 9.71. The average molecular weight is 489 g/mol. The van der Waals surface area contributed by atoms with Gasteiger partial charge < -0.3 is 9.67 Å². The molecule has 4 aliphatic rings. The number of carbonyl (C=O) groups excluding carboxylic acids is 1. The SMILES string of the molecule is CCCSC.C[C@@]1(O)CC[C@]2(C)C3CC[C@@]4(C)C(CC[C@@H]4C(=O)Cn4ccnc4)C3CC[C@H]2C1. The maximum absolute atomic E-state index is 13.2. The largest absolute Gasteiger partial charge is 0.390 e. The number of thioether (sulfide) groups is 1. The molecule has 3 unspecified atom stereocenters. The maximum Gasteiger partial charge on any atom is 0.156 e. The molecule has 1 aromatic heterocycles. The number of aliphatic hydroxyl groups is 1. The van der Waals surface area contributed by atoms with Gasteiger partial charge in [0.05, 0.1) is 18.5 Å². The molecule has 192 valence electrons. The molecule has 0 aromatic carbocycles. The van der Waals surface area contributed by atoms with Gasteiger partial charge in [-0.15, -0.1) is 0 Å². The van der Waals surface area contributed by atoms with E-state index >= 15 is 0 Å². The highest BCUT2D eigenvalue weighted by atomic mass is 32.2. The Balaban J connectivity index is 0.000000499. The van der Waals surface area contributed by atoms with Crippen LogP contribution in [0.1, 0.15) is 91.9 Å². The van der Waals surface area contributed by atoms with Crippen molar-refractivity contribution in [3.8, 4) is 0 Å². The Morgan fingerprint density at radius 1 is 1.06 bits per heavy atom. The fourth-order valence-corrected chi connectivity index (χ4v) is 9.24. The van der Waals surface area contributed by atoms with E-state index in [9.17, 15) is 9.90 Å². The highest BCUT2D eigenvalue weighted by Gasteiger charge is 2.61. The number of hydrogen-bond donors (Lipinski definition) is 1. The first-order chi connectivity index (χ1) is 16.1. The molecule has 0 aliphatic heterocycles. The van der Waals surface area contributed by atoms with Crippen molar-refractivity contribution in [1.82, 2.24) is 9.55 Å². The lowest BCUT2D eigenvalue weighted by molar-refractivity contribution is -0.151. The van der Waals surface area contributed by atoms with Crippen LogP contribution in [0.25, 0.3) is 0 Å². The lowest BCUT2D eigenvalue weighted by Crippen LogP contribution is -2.55. The Kier molecular flexibility index (Phi) is 7.94. The second-order valence-corrected chi connectivity index (χ2v) is 13.7. The first kappa shape index (κ1) is 26.3. The van der Waals surface area contributed by atoms with Gasteiger partial charge in [-0.25, -0.2) is 4.98 Å². The van der Waals surface area contributed by atoms with E-state index in [4.69, 9.17) is 0 Å². The van der Waals surface area contributed by atoms with Crippen LogP contribution in [0.4, 0.5) is 0 Å². The summed E-state index contributed by atoms with van der Waals surface area (Å²) in [6.07, 6.45) is 19.4. The number of hydrogen-bond acceptors (Lipinski definition) is 4. The molecule has 0 spiro atoms. The van der Waals surface area contributed by atoms with Gasteiger partial charge in [-0.3, -0.25) is 4.79 Å². The number of aromatic nitrogens is 2. The molecule has 0 radical (unpaired) electrons. The van der Waals surface area contributed by atoms with E-state index in [-0.39, 0.29) is 11.3 Å². The Labute approximate surface area is 212 Å². The fraction of sp³-hybridized carbons (Fsp3) is 0.862. The Morgan fingerprint density at radius 2 is 1.82 bits per heavy atom. The maximum atomic E-state index is 13.2. The first-order valence-corrected chi connectivity index (χ1v) is 15.2. The molecular formula is C29H48N2O2S. The van der Waals surface area contributed by atoms with E-state index in [0.717, 1.165) is 31.1 Å². The third-order valence-electron chi connectivity index (χ3n) is 10.6. The quantitative estimate of drug-likeness (QED) is 0.506. The van der Waals surface area contributed by atoms with E-state index in [1.54, 1.807) is 12.5 Å². The van der Waals surface area contributed by atoms with E-state index < -0.39 is 5.60 Å². The van der Waals surface area contributed by atoms with Crippen LogP contribution in [0, 0.1) is 40.4 Å². The summed E-state index contributed by atoms with van der Waals surface area (Å²) < 4.78 is 1.94. The number of Topliss-reactive ketones (excluding diaryl/α,β-unsaturated/α-hetero) is 1. The van der Waals surface area contributed by atoms with Crippen LogP contribution in [-0.4, -0.2) is 38.1 Å². The van der Waals surface area contributed by atoms with Crippen molar-refractivity contribution in [3.63, 3.8) is 0 Å². The van der Waals surface area contributed by atoms with Gasteiger partial charge in [-0.2, -0.15) is 11.8 Å². The minimum atomic E-state index is -0.460. The van der Waals surface area contributed by atoms with E-state index in [2.05, 4.69) is 32.0 Å². The van der Waals surface area contributed by atoms with Crippen LogP contribution in [0.3, 0.4) is 0 Å². The van der Waals surface area contributed by atoms with Gasteiger partial charge in [0.15, 0.2) is 5.78 Å². The molecular weight excluding hydrogens is 440 g/mol. The summed E-state index contributed by atoms with van der Waals surface area (Å²) in [5.41, 5.74) is 0.117. The van der Waals surface area contributed by atoms with Crippen LogP contribution >= 0.6 is 11.8 Å². The van der Waals surface area contributed by atoms with Crippen molar-refractivity contribution in [2.75, 3.05) is 12.0 Å². The minimum Gasteiger partial charge on any atom is -0.390 e. The Bertz CT molecular complexity index is 822. The molecule has 34 heavy (non-hydrogen) atoms. The molecule has 8 atom stereocenters.